The molecule has 94 valence electrons. The van der Waals surface area contributed by atoms with Gasteiger partial charge in [-0.2, -0.15) is 0 Å². The number of nitrogens with one attached hydrogen (secondary N) is 2. The predicted molar refractivity (Wildman–Crippen MR) is 68.4 cm³/mol. The van der Waals surface area contributed by atoms with E-state index < -0.39 is 0 Å². The van der Waals surface area contributed by atoms with Gasteiger partial charge in [-0.1, -0.05) is 6.08 Å². The summed E-state index contributed by atoms with van der Waals surface area (Å²) < 4.78 is 0. The Bertz CT molecular complexity index is 216. The largest absolute Gasteiger partial charge is 0.351 e. The van der Waals surface area contributed by atoms with Crippen LogP contribution in [0.25, 0.3) is 0 Å². The first-order chi connectivity index (χ1) is 7.47. The lowest BCUT2D eigenvalue weighted by Crippen LogP contribution is -2.46. The van der Waals surface area contributed by atoms with Crippen LogP contribution in [0.15, 0.2) is 12.7 Å². The van der Waals surface area contributed by atoms with E-state index in [9.17, 15) is 4.79 Å². The average Bonchev–Trinajstić information content (AvgIpc) is 2.22. The van der Waals surface area contributed by atoms with Gasteiger partial charge >= 0.3 is 0 Å². The summed E-state index contributed by atoms with van der Waals surface area (Å²) in [6.07, 6.45) is 2.71. The van der Waals surface area contributed by atoms with Gasteiger partial charge in [-0.25, -0.2) is 0 Å². The van der Waals surface area contributed by atoms with E-state index in [0.717, 1.165) is 13.0 Å². The van der Waals surface area contributed by atoms with Gasteiger partial charge in [0.1, 0.15) is 0 Å². The van der Waals surface area contributed by atoms with Crippen LogP contribution in [0.4, 0.5) is 0 Å². The van der Waals surface area contributed by atoms with Crippen LogP contribution in [0.1, 0.15) is 20.3 Å². The second-order valence-electron chi connectivity index (χ2n) is 4.42. The molecule has 1 amide bonds. The standard InChI is InChI=1S/C12H25N3O/c1-6-8-13-12(16)11(3)14-10(2)7-9-15(4)5/h6,10-11,14H,1,7-9H2,2-5H3,(H,13,16). The maximum absolute atomic E-state index is 11.5. The SMILES string of the molecule is C=CCNC(=O)C(C)NC(C)CCN(C)C. The van der Waals surface area contributed by atoms with Crippen molar-refractivity contribution >= 4 is 5.91 Å². The van der Waals surface area contributed by atoms with Crippen molar-refractivity contribution in [1.82, 2.24) is 15.5 Å². The Labute approximate surface area is 99.1 Å². The van der Waals surface area contributed by atoms with Crippen molar-refractivity contribution in [2.45, 2.75) is 32.4 Å². The molecule has 0 aliphatic carbocycles. The van der Waals surface area contributed by atoms with Crippen LogP contribution in [-0.4, -0.2) is 50.1 Å². The second-order valence-corrected chi connectivity index (χ2v) is 4.42. The molecule has 0 saturated carbocycles. The third-order valence-corrected chi connectivity index (χ3v) is 2.36. The Morgan fingerprint density at radius 3 is 2.56 bits per heavy atom. The van der Waals surface area contributed by atoms with Gasteiger partial charge in [-0.3, -0.25) is 4.79 Å². The molecule has 0 aromatic heterocycles. The molecule has 4 nitrogen and oxygen atoms in total. The zero-order valence-electron chi connectivity index (χ0n) is 10.9. The van der Waals surface area contributed by atoms with Gasteiger partial charge in [0.2, 0.25) is 5.91 Å². The molecule has 0 bridgehead atoms. The Hall–Kier alpha value is -0.870. The highest BCUT2D eigenvalue weighted by Crippen LogP contribution is 1.95. The predicted octanol–water partition coefficient (Wildman–Crippen LogP) is 0.607. The van der Waals surface area contributed by atoms with Crippen LogP contribution in [0.5, 0.6) is 0 Å². The second kappa shape index (κ2) is 8.30. The van der Waals surface area contributed by atoms with Crippen molar-refractivity contribution in [3.8, 4) is 0 Å². The molecular formula is C12H25N3O. The first-order valence-corrected chi connectivity index (χ1v) is 5.76. The lowest BCUT2D eigenvalue weighted by atomic mass is 10.2. The third-order valence-electron chi connectivity index (χ3n) is 2.36. The third kappa shape index (κ3) is 7.43. The van der Waals surface area contributed by atoms with E-state index in [1.807, 2.05) is 21.0 Å². The Kier molecular flexibility index (Phi) is 7.85. The van der Waals surface area contributed by atoms with Crippen LogP contribution in [0.3, 0.4) is 0 Å². The highest BCUT2D eigenvalue weighted by molar-refractivity contribution is 5.81. The van der Waals surface area contributed by atoms with Crippen molar-refractivity contribution in [3.05, 3.63) is 12.7 Å². The molecule has 2 unspecified atom stereocenters. The topological polar surface area (TPSA) is 44.4 Å². The number of hydrogen-bond donors (Lipinski definition) is 2. The summed E-state index contributed by atoms with van der Waals surface area (Å²) in [6, 6.07) is 0.184. The molecule has 0 fully saturated rings. The maximum atomic E-state index is 11.5. The number of rotatable bonds is 8. The molecule has 0 aliphatic rings. The van der Waals surface area contributed by atoms with Crippen molar-refractivity contribution in [3.63, 3.8) is 0 Å². The number of hydrogen-bond acceptors (Lipinski definition) is 3. The highest BCUT2D eigenvalue weighted by Gasteiger charge is 2.14. The summed E-state index contributed by atoms with van der Waals surface area (Å²) in [5.41, 5.74) is 0. The first-order valence-electron chi connectivity index (χ1n) is 5.76. The fourth-order valence-electron chi connectivity index (χ4n) is 1.36. The molecule has 0 radical (unpaired) electrons. The van der Waals surface area contributed by atoms with E-state index in [2.05, 4.69) is 29.0 Å². The minimum Gasteiger partial charge on any atom is -0.351 e. The summed E-state index contributed by atoms with van der Waals surface area (Å²) in [4.78, 5) is 13.7. The average molecular weight is 227 g/mol. The number of carbonyl (C=O) groups is 1. The monoisotopic (exact) mass is 227 g/mol. The van der Waals surface area contributed by atoms with E-state index in [1.165, 1.54) is 0 Å². The van der Waals surface area contributed by atoms with Crippen LogP contribution < -0.4 is 10.6 Å². The van der Waals surface area contributed by atoms with Crippen molar-refractivity contribution in [1.29, 1.82) is 0 Å². The molecule has 0 heterocycles. The Balaban J connectivity index is 3.79. The molecule has 2 N–H and O–H groups in total. The molecule has 4 heteroatoms. The fraction of sp³-hybridized carbons (Fsp3) is 0.750. The van der Waals surface area contributed by atoms with Crippen LogP contribution in [0.2, 0.25) is 0 Å². The normalized spacial score (nSPS) is 14.6. The molecule has 0 spiro atoms. The summed E-state index contributed by atoms with van der Waals surface area (Å²) in [5.74, 6) is 0.0246. The van der Waals surface area contributed by atoms with Gasteiger partial charge in [0.15, 0.2) is 0 Å². The number of amides is 1. The van der Waals surface area contributed by atoms with Crippen LogP contribution >= 0.6 is 0 Å². The minimum absolute atomic E-state index is 0.0246. The molecule has 0 rings (SSSR count). The summed E-state index contributed by atoms with van der Waals surface area (Å²) >= 11 is 0. The molecule has 0 saturated heterocycles. The molecular weight excluding hydrogens is 202 g/mol. The zero-order chi connectivity index (χ0) is 12.6. The quantitative estimate of drug-likeness (QED) is 0.597. The van der Waals surface area contributed by atoms with Crippen molar-refractivity contribution in [2.24, 2.45) is 0 Å². The molecule has 0 aromatic rings. The van der Waals surface area contributed by atoms with E-state index in [1.54, 1.807) is 6.08 Å². The molecule has 0 aliphatic heterocycles. The van der Waals surface area contributed by atoms with E-state index in [-0.39, 0.29) is 11.9 Å². The fourth-order valence-corrected chi connectivity index (χ4v) is 1.36. The molecule has 2 atom stereocenters. The number of nitrogens with zero attached hydrogens (tertiary/aromatic N) is 1. The highest BCUT2D eigenvalue weighted by atomic mass is 16.2. The Morgan fingerprint density at radius 1 is 1.44 bits per heavy atom. The van der Waals surface area contributed by atoms with Crippen molar-refractivity contribution < 1.29 is 4.79 Å². The van der Waals surface area contributed by atoms with E-state index in [0.29, 0.717) is 12.6 Å². The molecule has 16 heavy (non-hydrogen) atoms. The van der Waals surface area contributed by atoms with Gasteiger partial charge in [-0.15, -0.1) is 6.58 Å². The first kappa shape index (κ1) is 15.1. The molecule has 0 aromatic carbocycles. The van der Waals surface area contributed by atoms with Gasteiger partial charge < -0.3 is 15.5 Å². The lowest BCUT2D eigenvalue weighted by molar-refractivity contribution is -0.122. The summed E-state index contributed by atoms with van der Waals surface area (Å²) in [5, 5.41) is 6.04. The Morgan fingerprint density at radius 2 is 2.06 bits per heavy atom. The van der Waals surface area contributed by atoms with Gasteiger partial charge in [0.05, 0.1) is 6.04 Å². The van der Waals surface area contributed by atoms with Crippen molar-refractivity contribution in [2.75, 3.05) is 27.2 Å². The smallest absolute Gasteiger partial charge is 0.237 e. The summed E-state index contributed by atoms with van der Waals surface area (Å²) in [7, 11) is 4.10. The van der Waals surface area contributed by atoms with Crippen LogP contribution in [-0.2, 0) is 4.79 Å². The van der Waals surface area contributed by atoms with Gasteiger partial charge in [-0.05, 0) is 40.9 Å². The zero-order valence-corrected chi connectivity index (χ0v) is 10.9. The van der Waals surface area contributed by atoms with Gasteiger partial charge in [0, 0.05) is 12.6 Å². The van der Waals surface area contributed by atoms with Gasteiger partial charge in [0.25, 0.3) is 0 Å². The maximum Gasteiger partial charge on any atom is 0.237 e. The van der Waals surface area contributed by atoms with Crippen LogP contribution in [0, 0.1) is 0 Å². The van der Waals surface area contributed by atoms with E-state index >= 15 is 0 Å². The number of carbonyl (C=O) groups excluding carboxylic acids is 1. The summed E-state index contributed by atoms with van der Waals surface area (Å²) in [6.45, 7) is 9.09. The minimum atomic E-state index is -0.155. The van der Waals surface area contributed by atoms with E-state index in [4.69, 9.17) is 0 Å². The lowest BCUT2D eigenvalue weighted by Gasteiger charge is -2.20.